The van der Waals surface area contributed by atoms with E-state index in [4.69, 9.17) is 9.97 Å². The Kier molecular flexibility index (Phi) is 6.82. The fourth-order valence-electron chi connectivity index (χ4n) is 4.37. The molecule has 1 aromatic heterocycles. The number of piperidine rings is 1. The summed E-state index contributed by atoms with van der Waals surface area (Å²) in [6.07, 6.45) is 6.28. The van der Waals surface area contributed by atoms with Crippen molar-refractivity contribution in [2.75, 3.05) is 49.1 Å². The molecule has 0 unspecified atom stereocenters. The largest absolute Gasteiger partial charge is 0.356 e. The third kappa shape index (κ3) is 5.29. The maximum Gasteiger partial charge on any atom is 0.227 e. The highest BCUT2D eigenvalue weighted by molar-refractivity contribution is 5.76. The van der Waals surface area contributed by atoms with Crippen LogP contribution in [0.1, 0.15) is 43.4 Å². The SMILES string of the molecule is Cc1cc(N2CCCCC2)nc(N2CCN(C(=O)CCCc3ccccc3)CC2)n1. The first-order chi connectivity index (χ1) is 14.7. The molecule has 1 aromatic carbocycles. The molecule has 4 rings (SSSR count). The molecule has 30 heavy (non-hydrogen) atoms. The molecule has 0 saturated carbocycles. The first kappa shape index (κ1) is 20.6. The van der Waals surface area contributed by atoms with Gasteiger partial charge in [-0.25, -0.2) is 4.98 Å². The number of carbonyl (C=O) groups excluding carboxylic acids is 1. The van der Waals surface area contributed by atoms with Crippen LogP contribution < -0.4 is 9.80 Å². The molecule has 2 aromatic rings. The number of amides is 1. The van der Waals surface area contributed by atoms with Gasteiger partial charge in [0, 0.05) is 57.4 Å². The summed E-state index contributed by atoms with van der Waals surface area (Å²) in [4.78, 5) is 28.8. The fraction of sp³-hybridized carbons (Fsp3) is 0.542. The Labute approximate surface area is 179 Å². The average Bonchev–Trinajstić information content (AvgIpc) is 2.80. The Hall–Kier alpha value is -2.63. The van der Waals surface area contributed by atoms with Crippen LogP contribution in [0.3, 0.4) is 0 Å². The highest BCUT2D eigenvalue weighted by atomic mass is 16.2. The minimum Gasteiger partial charge on any atom is -0.356 e. The van der Waals surface area contributed by atoms with Gasteiger partial charge >= 0.3 is 0 Å². The molecule has 3 heterocycles. The number of aromatic nitrogens is 2. The Bertz CT molecular complexity index is 827. The Balaban J connectivity index is 1.28. The summed E-state index contributed by atoms with van der Waals surface area (Å²) < 4.78 is 0. The average molecular weight is 408 g/mol. The predicted molar refractivity (Wildman–Crippen MR) is 121 cm³/mol. The maximum absolute atomic E-state index is 12.6. The van der Waals surface area contributed by atoms with Crippen molar-refractivity contribution in [3.05, 3.63) is 47.7 Å². The van der Waals surface area contributed by atoms with E-state index < -0.39 is 0 Å². The van der Waals surface area contributed by atoms with Crippen LogP contribution >= 0.6 is 0 Å². The van der Waals surface area contributed by atoms with Gasteiger partial charge < -0.3 is 14.7 Å². The molecule has 0 radical (unpaired) electrons. The standard InChI is InChI=1S/C24H33N5O/c1-20-19-22(27-13-6-3-7-14-27)26-24(25-20)29-17-15-28(16-18-29)23(30)12-8-11-21-9-4-2-5-10-21/h2,4-5,9-10,19H,3,6-8,11-18H2,1H3. The second-order valence-corrected chi connectivity index (χ2v) is 8.42. The fourth-order valence-corrected chi connectivity index (χ4v) is 4.37. The van der Waals surface area contributed by atoms with Crippen molar-refractivity contribution in [1.29, 1.82) is 0 Å². The summed E-state index contributed by atoms with van der Waals surface area (Å²) in [5.74, 6) is 2.13. The zero-order valence-electron chi connectivity index (χ0n) is 18.1. The number of carbonyl (C=O) groups is 1. The number of hydrogen-bond donors (Lipinski definition) is 0. The first-order valence-corrected chi connectivity index (χ1v) is 11.4. The molecule has 1 amide bonds. The summed E-state index contributed by atoms with van der Waals surface area (Å²) in [6.45, 7) is 7.31. The van der Waals surface area contributed by atoms with E-state index in [2.05, 4.69) is 40.1 Å². The molecular formula is C24H33N5O. The Morgan fingerprint density at radius 3 is 2.37 bits per heavy atom. The first-order valence-electron chi connectivity index (χ1n) is 11.4. The molecule has 0 spiro atoms. The number of nitrogens with zero attached hydrogens (tertiary/aromatic N) is 5. The number of benzene rings is 1. The Morgan fingerprint density at radius 2 is 1.63 bits per heavy atom. The molecule has 2 saturated heterocycles. The van der Waals surface area contributed by atoms with E-state index in [0.29, 0.717) is 6.42 Å². The minimum absolute atomic E-state index is 0.268. The molecule has 2 fully saturated rings. The third-order valence-electron chi connectivity index (χ3n) is 6.12. The van der Waals surface area contributed by atoms with Gasteiger partial charge in [-0.1, -0.05) is 30.3 Å². The van der Waals surface area contributed by atoms with Crippen molar-refractivity contribution in [3.8, 4) is 0 Å². The molecule has 0 aliphatic carbocycles. The van der Waals surface area contributed by atoms with Gasteiger partial charge in [-0.05, 0) is 44.6 Å². The van der Waals surface area contributed by atoms with Crippen molar-refractivity contribution >= 4 is 17.7 Å². The van der Waals surface area contributed by atoms with Crippen LogP contribution in [0.5, 0.6) is 0 Å². The summed E-state index contributed by atoms with van der Waals surface area (Å²) in [7, 11) is 0. The highest BCUT2D eigenvalue weighted by Gasteiger charge is 2.23. The van der Waals surface area contributed by atoms with Gasteiger partial charge in [-0.15, -0.1) is 0 Å². The third-order valence-corrected chi connectivity index (χ3v) is 6.12. The topological polar surface area (TPSA) is 52.6 Å². The van der Waals surface area contributed by atoms with Crippen molar-refractivity contribution in [2.24, 2.45) is 0 Å². The lowest BCUT2D eigenvalue weighted by Gasteiger charge is -2.35. The maximum atomic E-state index is 12.6. The van der Waals surface area contributed by atoms with E-state index >= 15 is 0 Å². The molecule has 0 bridgehead atoms. The van der Waals surface area contributed by atoms with Gasteiger partial charge in [0.05, 0.1) is 0 Å². The number of aryl methyl sites for hydroxylation is 2. The van der Waals surface area contributed by atoms with Gasteiger partial charge in [-0.3, -0.25) is 4.79 Å². The van der Waals surface area contributed by atoms with E-state index in [1.165, 1.54) is 24.8 Å². The molecule has 0 atom stereocenters. The number of hydrogen-bond acceptors (Lipinski definition) is 5. The van der Waals surface area contributed by atoms with Crippen molar-refractivity contribution in [2.45, 2.75) is 45.4 Å². The van der Waals surface area contributed by atoms with Gasteiger partial charge in [0.15, 0.2) is 0 Å². The number of rotatable bonds is 6. The predicted octanol–water partition coefficient (Wildman–Crippen LogP) is 3.45. The lowest BCUT2D eigenvalue weighted by atomic mass is 10.1. The monoisotopic (exact) mass is 407 g/mol. The van der Waals surface area contributed by atoms with Gasteiger partial charge in [0.25, 0.3) is 0 Å². The van der Waals surface area contributed by atoms with Gasteiger partial charge in [-0.2, -0.15) is 4.98 Å². The van der Waals surface area contributed by atoms with Crippen LogP contribution in [-0.4, -0.2) is 60.0 Å². The quantitative estimate of drug-likeness (QED) is 0.734. The summed E-state index contributed by atoms with van der Waals surface area (Å²) in [5, 5.41) is 0. The smallest absolute Gasteiger partial charge is 0.227 e. The van der Waals surface area contributed by atoms with E-state index in [1.54, 1.807) is 0 Å². The summed E-state index contributed by atoms with van der Waals surface area (Å²) >= 11 is 0. The second kappa shape index (κ2) is 9.92. The molecule has 2 aliphatic rings. The Morgan fingerprint density at radius 1 is 0.900 bits per heavy atom. The zero-order valence-corrected chi connectivity index (χ0v) is 18.1. The molecule has 160 valence electrons. The highest BCUT2D eigenvalue weighted by Crippen LogP contribution is 2.22. The minimum atomic E-state index is 0.268. The molecule has 6 heteroatoms. The van der Waals surface area contributed by atoms with Gasteiger partial charge in [0.1, 0.15) is 5.82 Å². The molecule has 2 aliphatic heterocycles. The van der Waals surface area contributed by atoms with Crippen LogP contribution in [0.4, 0.5) is 11.8 Å². The molecule has 0 N–H and O–H groups in total. The lowest BCUT2D eigenvalue weighted by Crippen LogP contribution is -2.49. The summed E-state index contributed by atoms with van der Waals surface area (Å²) in [5.41, 5.74) is 2.32. The number of anilines is 2. The van der Waals surface area contributed by atoms with E-state index in [-0.39, 0.29) is 5.91 Å². The van der Waals surface area contributed by atoms with Crippen LogP contribution in [0.25, 0.3) is 0 Å². The van der Waals surface area contributed by atoms with Crippen LogP contribution in [0.2, 0.25) is 0 Å². The normalized spacial score (nSPS) is 17.3. The van der Waals surface area contributed by atoms with Gasteiger partial charge in [0.2, 0.25) is 11.9 Å². The van der Waals surface area contributed by atoms with Crippen LogP contribution in [0, 0.1) is 6.92 Å². The number of piperazine rings is 1. The summed E-state index contributed by atoms with van der Waals surface area (Å²) in [6, 6.07) is 12.5. The molecular weight excluding hydrogens is 374 g/mol. The van der Waals surface area contributed by atoms with E-state index in [0.717, 1.165) is 69.6 Å². The van der Waals surface area contributed by atoms with Crippen molar-refractivity contribution in [1.82, 2.24) is 14.9 Å². The van der Waals surface area contributed by atoms with E-state index in [1.807, 2.05) is 17.9 Å². The lowest BCUT2D eigenvalue weighted by molar-refractivity contribution is -0.131. The van der Waals surface area contributed by atoms with E-state index in [9.17, 15) is 4.79 Å². The van der Waals surface area contributed by atoms with Crippen LogP contribution in [0.15, 0.2) is 36.4 Å². The van der Waals surface area contributed by atoms with Crippen LogP contribution in [-0.2, 0) is 11.2 Å². The second-order valence-electron chi connectivity index (χ2n) is 8.42. The molecule has 6 nitrogen and oxygen atoms in total. The zero-order chi connectivity index (χ0) is 20.8. The van der Waals surface area contributed by atoms with Crippen molar-refractivity contribution < 1.29 is 4.79 Å². The van der Waals surface area contributed by atoms with Crippen molar-refractivity contribution in [3.63, 3.8) is 0 Å².